The molecule has 0 radical (unpaired) electrons. The third kappa shape index (κ3) is 2.94. The number of allylic oxidation sites excluding steroid dienone is 2. The van der Waals surface area contributed by atoms with E-state index in [4.69, 9.17) is 0 Å². The summed E-state index contributed by atoms with van der Waals surface area (Å²) >= 11 is 0. The number of aromatic nitrogens is 2. The lowest BCUT2D eigenvalue weighted by Gasteiger charge is -2.14. The molecule has 0 amide bonds. The summed E-state index contributed by atoms with van der Waals surface area (Å²) in [5.74, 6) is 0.0313. The monoisotopic (exact) mass is 291 g/mol. The summed E-state index contributed by atoms with van der Waals surface area (Å²) in [5.41, 5.74) is 5.82. The summed E-state index contributed by atoms with van der Waals surface area (Å²) < 4.78 is 0. The normalized spacial score (nSPS) is 11.6. The van der Waals surface area contributed by atoms with Gasteiger partial charge in [-0.2, -0.15) is 5.26 Å². The molecule has 0 atom stereocenters. The van der Waals surface area contributed by atoms with Crippen molar-refractivity contribution in [3.63, 3.8) is 0 Å². The zero-order valence-electron chi connectivity index (χ0n) is 13.1. The Morgan fingerprint density at radius 3 is 2.32 bits per heavy atom. The van der Waals surface area contributed by atoms with Gasteiger partial charge in [0.05, 0.1) is 11.6 Å². The molecule has 1 aromatic carbocycles. The number of nitrogens with zero attached hydrogens (tertiary/aromatic N) is 3. The first-order valence-corrected chi connectivity index (χ1v) is 6.94. The quantitative estimate of drug-likeness (QED) is 0.808. The highest BCUT2D eigenvalue weighted by molar-refractivity contribution is 6.00. The Kier molecular flexibility index (Phi) is 4.47. The Bertz CT molecular complexity index is 799. The minimum absolute atomic E-state index is 0.0313. The van der Waals surface area contributed by atoms with Crippen molar-refractivity contribution >= 4 is 11.4 Å². The number of rotatable bonds is 3. The van der Waals surface area contributed by atoms with Gasteiger partial charge in [-0.1, -0.05) is 0 Å². The maximum absolute atomic E-state index is 11.6. The van der Waals surface area contributed by atoms with Crippen molar-refractivity contribution in [1.29, 1.82) is 5.26 Å². The summed E-state index contributed by atoms with van der Waals surface area (Å²) in [5, 5.41) is 9.29. The van der Waals surface area contributed by atoms with Gasteiger partial charge < -0.3 is 0 Å². The molecule has 0 unspecified atom stereocenters. The minimum Gasteiger partial charge on any atom is -0.295 e. The molecular formula is C18H17N3O. The van der Waals surface area contributed by atoms with Gasteiger partial charge in [0.25, 0.3) is 0 Å². The Morgan fingerprint density at radius 1 is 1.14 bits per heavy atom. The third-order valence-electron chi connectivity index (χ3n) is 3.90. The van der Waals surface area contributed by atoms with Crippen LogP contribution in [0.3, 0.4) is 0 Å². The lowest BCUT2D eigenvalue weighted by atomic mass is 9.89. The van der Waals surface area contributed by atoms with Crippen LogP contribution >= 0.6 is 0 Å². The molecule has 4 nitrogen and oxygen atoms in total. The van der Waals surface area contributed by atoms with Crippen LogP contribution in [0.15, 0.2) is 36.4 Å². The number of benzene rings is 1. The van der Waals surface area contributed by atoms with Crippen molar-refractivity contribution < 1.29 is 4.79 Å². The van der Waals surface area contributed by atoms with E-state index in [-0.39, 0.29) is 5.78 Å². The molecule has 1 aromatic heterocycles. The lowest BCUT2D eigenvalue weighted by molar-refractivity contribution is -0.113. The van der Waals surface area contributed by atoms with Gasteiger partial charge in [-0.25, -0.2) is 9.97 Å². The Labute approximate surface area is 130 Å². The van der Waals surface area contributed by atoms with Crippen molar-refractivity contribution in [2.75, 3.05) is 0 Å². The highest BCUT2D eigenvalue weighted by atomic mass is 16.1. The number of carbonyl (C=O) groups excluding carboxylic acids is 1. The molecule has 0 aliphatic heterocycles. The van der Waals surface area contributed by atoms with Crippen molar-refractivity contribution in [3.8, 4) is 17.2 Å². The third-order valence-corrected chi connectivity index (χ3v) is 3.90. The van der Waals surface area contributed by atoms with Gasteiger partial charge in [0.2, 0.25) is 0 Å². The van der Waals surface area contributed by atoms with Crippen LogP contribution in [0, 0.1) is 18.3 Å². The largest absolute Gasteiger partial charge is 0.295 e. The van der Waals surface area contributed by atoms with Crippen LogP contribution in [-0.2, 0) is 4.79 Å². The van der Waals surface area contributed by atoms with Crippen LogP contribution in [0.25, 0.3) is 16.7 Å². The van der Waals surface area contributed by atoms with Gasteiger partial charge in [-0.05, 0) is 67.7 Å². The van der Waals surface area contributed by atoms with E-state index in [1.54, 1.807) is 26.2 Å². The molecule has 0 aliphatic carbocycles. The van der Waals surface area contributed by atoms with Crippen molar-refractivity contribution in [1.82, 2.24) is 9.97 Å². The smallest absolute Gasteiger partial charge is 0.155 e. The number of hydrogen-bond donors (Lipinski definition) is 0. The molecule has 110 valence electrons. The highest BCUT2D eigenvalue weighted by Gasteiger charge is 2.13. The molecule has 0 fully saturated rings. The molecule has 0 spiro atoms. The Morgan fingerprint density at radius 2 is 1.77 bits per heavy atom. The second kappa shape index (κ2) is 6.31. The van der Waals surface area contributed by atoms with Crippen molar-refractivity contribution in [2.24, 2.45) is 0 Å². The van der Waals surface area contributed by atoms with Crippen molar-refractivity contribution in [2.45, 2.75) is 27.7 Å². The van der Waals surface area contributed by atoms with Crippen LogP contribution < -0.4 is 0 Å². The summed E-state index contributed by atoms with van der Waals surface area (Å²) in [6, 6.07) is 5.83. The predicted octanol–water partition coefficient (Wildman–Crippen LogP) is 3.71. The Hall–Kier alpha value is -2.80. The molecule has 4 heteroatoms. The second-order valence-corrected chi connectivity index (χ2v) is 5.24. The number of nitriles is 1. The van der Waals surface area contributed by atoms with E-state index >= 15 is 0 Å². The fraction of sp³-hybridized carbons (Fsp3) is 0.222. The van der Waals surface area contributed by atoms with E-state index in [1.165, 1.54) is 6.33 Å². The van der Waals surface area contributed by atoms with E-state index < -0.39 is 0 Å². The van der Waals surface area contributed by atoms with Crippen LogP contribution in [0.1, 0.15) is 37.5 Å². The second-order valence-electron chi connectivity index (χ2n) is 5.24. The summed E-state index contributed by atoms with van der Waals surface area (Å²) in [4.78, 5) is 19.7. The number of Topliss-reactive ketones (excluding diaryl/α,β-unsaturated/α-hetero) is 1. The van der Waals surface area contributed by atoms with E-state index in [0.29, 0.717) is 11.1 Å². The molecule has 0 N–H and O–H groups in total. The van der Waals surface area contributed by atoms with Crippen LogP contribution in [0.2, 0.25) is 0 Å². The predicted molar refractivity (Wildman–Crippen MR) is 85.9 cm³/mol. The molecule has 0 saturated heterocycles. The molecule has 2 rings (SSSR count). The zero-order chi connectivity index (χ0) is 16.3. The first-order valence-electron chi connectivity index (χ1n) is 6.94. The molecule has 1 heterocycles. The average Bonchev–Trinajstić information content (AvgIpc) is 2.54. The fourth-order valence-corrected chi connectivity index (χ4v) is 2.37. The standard InChI is InChI=1S/C18H17N3O/c1-11(14(4)22)12(2)17-5-15(7-19)6-18(13(17)3)16-8-20-10-21-9-16/h5-6,8-10H,1-4H3/b12-11+. The van der Waals surface area contributed by atoms with Gasteiger partial charge >= 0.3 is 0 Å². The van der Waals surface area contributed by atoms with Crippen LogP contribution in [-0.4, -0.2) is 15.8 Å². The summed E-state index contributed by atoms with van der Waals surface area (Å²) in [7, 11) is 0. The van der Waals surface area contributed by atoms with E-state index in [2.05, 4.69) is 16.0 Å². The number of carbonyl (C=O) groups is 1. The minimum atomic E-state index is 0.0313. The molecular weight excluding hydrogens is 274 g/mol. The van der Waals surface area contributed by atoms with E-state index in [1.807, 2.05) is 26.0 Å². The van der Waals surface area contributed by atoms with Gasteiger partial charge in [0, 0.05) is 18.0 Å². The molecule has 0 aliphatic rings. The van der Waals surface area contributed by atoms with E-state index in [9.17, 15) is 10.1 Å². The summed E-state index contributed by atoms with van der Waals surface area (Å²) in [6.45, 7) is 7.25. The first-order chi connectivity index (χ1) is 10.5. The van der Waals surface area contributed by atoms with Gasteiger partial charge in [0.15, 0.2) is 5.78 Å². The molecule has 0 bridgehead atoms. The topological polar surface area (TPSA) is 66.6 Å². The Balaban J connectivity index is 2.75. The maximum atomic E-state index is 11.6. The van der Waals surface area contributed by atoms with Crippen LogP contribution in [0.5, 0.6) is 0 Å². The first kappa shape index (κ1) is 15.6. The summed E-state index contributed by atoms with van der Waals surface area (Å²) in [6.07, 6.45) is 4.91. The average molecular weight is 291 g/mol. The highest BCUT2D eigenvalue weighted by Crippen LogP contribution is 2.31. The zero-order valence-corrected chi connectivity index (χ0v) is 13.1. The molecule has 0 saturated carbocycles. The van der Waals surface area contributed by atoms with E-state index in [0.717, 1.165) is 27.8 Å². The molecule has 22 heavy (non-hydrogen) atoms. The van der Waals surface area contributed by atoms with Crippen LogP contribution in [0.4, 0.5) is 0 Å². The maximum Gasteiger partial charge on any atom is 0.155 e. The van der Waals surface area contributed by atoms with Gasteiger partial charge in [-0.3, -0.25) is 4.79 Å². The fourth-order valence-electron chi connectivity index (χ4n) is 2.37. The molecule has 2 aromatic rings. The van der Waals surface area contributed by atoms with Gasteiger partial charge in [-0.15, -0.1) is 0 Å². The number of hydrogen-bond acceptors (Lipinski definition) is 4. The SMILES string of the molecule is CC(=O)/C(C)=C(\C)c1cc(C#N)cc(-c2cncnc2)c1C. The number of ketones is 1. The lowest BCUT2D eigenvalue weighted by Crippen LogP contribution is -1.99. The van der Waals surface area contributed by atoms with Gasteiger partial charge in [0.1, 0.15) is 6.33 Å². The van der Waals surface area contributed by atoms with Crippen molar-refractivity contribution in [3.05, 3.63) is 53.1 Å².